The van der Waals surface area contributed by atoms with Gasteiger partial charge in [-0.1, -0.05) is 11.6 Å². The fourth-order valence-corrected chi connectivity index (χ4v) is 1.97. The van der Waals surface area contributed by atoms with Crippen LogP contribution in [0.25, 0.3) is 0 Å². The molecule has 1 saturated carbocycles. The standard InChI is InChI=1S/C10H15N3O/c1-7(9-4-3-5-9)13-8(2)10(6-14)11-12-13/h6-7,9H,3-5H2,1-2H3. The van der Waals surface area contributed by atoms with Crippen molar-refractivity contribution in [3.05, 3.63) is 11.4 Å². The molecule has 0 spiro atoms. The van der Waals surface area contributed by atoms with Gasteiger partial charge < -0.3 is 0 Å². The van der Waals surface area contributed by atoms with Crippen LogP contribution in [0.1, 0.15) is 48.4 Å². The minimum atomic E-state index is 0.380. The van der Waals surface area contributed by atoms with Gasteiger partial charge in [0.15, 0.2) is 6.29 Å². The monoisotopic (exact) mass is 193 g/mol. The van der Waals surface area contributed by atoms with E-state index in [0.717, 1.165) is 17.9 Å². The molecule has 76 valence electrons. The number of nitrogens with zero attached hydrogens (tertiary/aromatic N) is 3. The summed E-state index contributed by atoms with van der Waals surface area (Å²) >= 11 is 0. The molecule has 0 bridgehead atoms. The molecule has 14 heavy (non-hydrogen) atoms. The van der Waals surface area contributed by atoms with Gasteiger partial charge in [0.2, 0.25) is 0 Å². The predicted octanol–water partition coefficient (Wildman–Crippen LogP) is 1.76. The highest BCUT2D eigenvalue weighted by Crippen LogP contribution is 2.36. The van der Waals surface area contributed by atoms with Crippen molar-refractivity contribution in [1.29, 1.82) is 0 Å². The van der Waals surface area contributed by atoms with Gasteiger partial charge in [0.25, 0.3) is 0 Å². The zero-order valence-corrected chi connectivity index (χ0v) is 8.60. The fraction of sp³-hybridized carbons (Fsp3) is 0.700. The third-order valence-electron chi connectivity index (χ3n) is 3.29. The maximum Gasteiger partial charge on any atom is 0.172 e. The second-order valence-corrected chi connectivity index (χ2v) is 4.05. The van der Waals surface area contributed by atoms with Crippen molar-refractivity contribution in [1.82, 2.24) is 15.0 Å². The molecule has 0 aliphatic heterocycles. The Morgan fingerprint density at radius 2 is 2.29 bits per heavy atom. The van der Waals surface area contributed by atoms with Crippen LogP contribution >= 0.6 is 0 Å². The molecule has 0 amide bonds. The maximum absolute atomic E-state index is 10.6. The van der Waals surface area contributed by atoms with Crippen molar-refractivity contribution >= 4 is 6.29 Å². The zero-order valence-electron chi connectivity index (χ0n) is 8.60. The highest BCUT2D eigenvalue weighted by atomic mass is 16.1. The Hall–Kier alpha value is -1.19. The van der Waals surface area contributed by atoms with Gasteiger partial charge in [-0.15, -0.1) is 5.10 Å². The molecular formula is C10H15N3O. The van der Waals surface area contributed by atoms with E-state index in [2.05, 4.69) is 17.2 Å². The molecule has 1 aromatic rings. The van der Waals surface area contributed by atoms with Crippen LogP contribution in [0.3, 0.4) is 0 Å². The summed E-state index contributed by atoms with van der Waals surface area (Å²) in [6.45, 7) is 4.05. The topological polar surface area (TPSA) is 47.8 Å². The van der Waals surface area contributed by atoms with Gasteiger partial charge in [-0.25, -0.2) is 4.68 Å². The number of aldehydes is 1. The minimum absolute atomic E-state index is 0.380. The summed E-state index contributed by atoms with van der Waals surface area (Å²) in [5.41, 5.74) is 1.36. The highest BCUT2D eigenvalue weighted by molar-refractivity contribution is 5.72. The van der Waals surface area contributed by atoms with Crippen molar-refractivity contribution in [2.45, 2.75) is 39.2 Å². The first-order chi connectivity index (χ1) is 6.74. The molecule has 2 rings (SSSR count). The van der Waals surface area contributed by atoms with Crippen LogP contribution in [0.2, 0.25) is 0 Å². The molecule has 1 atom stereocenters. The second kappa shape index (κ2) is 3.52. The molecule has 0 radical (unpaired) electrons. The molecular weight excluding hydrogens is 178 g/mol. The Labute approximate surface area is 83.3 Å². The van der Waals surface area contributed by atoms with Crippen molar-refractivity contribution in [3.63, 3.8) is 0 Å². The van der Waals surface area contributed by atoms with E-state index in [0.29, 0.717) is 11.7 Å². The van der Waals surface area contributed by atoms with Gasteiger partial charge >= 0.3 is 0 Å². The van der Waals surface area contributed by atoms with Crippen LogP contribution in [0.4, 0.5) is 0 Å². The number of hydrogen-bond donors (Lipinski definition) is 0. The summed E-state index contributed by atoms with van der Waals surface area (Å²) in [5, 5.41) is 7.87. The lowest BCUT2D eigenvalue weighted by atomic mass is 9.80. The summed E-state index contributed by atoms with van der Waals surface area (Å²) in [6, 6.07) is 0.380. The molecule has 1 unspecified atom stereocenters. The Bertz CT molecular complexity index is 341. The van der Waals surface area contributed by atoms with Gasteiger partial charge in [0, 0.05) is 0 Å². The SMILES string of the molecule is Cc1c(C=O)nnn1C(C)C1CCC1. The Balaban J connectivity index is 2.22. The predicted molar refractivity (Wildman–Crippen MR) is 52.2 cm³/mol. The molecule has 1 aliphatic carbocycles. The van der Waals surface area contributed by atoms with Gasteiger partial charge in [-0.3, -0.25) is 4.79 Å². The van der Waals surface area contributed by atoms with E-state index in [1.165, 1.54) is 19.3 Å². The van der Waals surface area contributed by atoms with Crippen LogP contribution < -0.4 is 0 Å². The van der Waals surface area contributed by atoms with Gasteiger partial charge in [0.05, 0.1) is 11.7 Å². The first-order valence-electron chi connectivity index (χ1n) is 5.11. The number of carbonyl (C=O) groups is 1. The summed E-state index contributed by atoms with van der Waals surface area (Å²) < 4.78 is 1.88. The van der Waals surface area contributed by atoms with Gasteiger partial charge in [0.1, 0.15) is 5.69 Å². The van der Waals surface area contributed by atoms with E-state index in [-0.39, 0.29) is 0 Å². The summed E-state index contributed by atoms with van der Waals surface area (Å²) in [7, 11) is 0. The summed E-state index contributed by atoms with van der Waals surface area (Å²) in [5.74, 6) is 0.718. The van der Waals surface area contributed by atoms with Crippen molar-refractivity contribution < 1.29 is 4.79 Å². The molecule has 4 nitrogen and oxygen atoms in total. The largest absolute Gasteiger partial charge is 0.296 e. The quantitative estimate of drug-likeness (QED) is 0.687. The zero-order chi connectivity index (χ0) is 10.1. The van der Waals surface area contributed by atoms with Crippen LogP contribution in [0.5, 0.6) is 0 Å². The molecule has 1 aliphatic rings. The third-order valence-corrected chi connectivity index (χ3v) is 3.29. The first kappa shape index (κ1) is 9.37. The number of carbonyl (C=O) groups excluding carboxylic acids is 1. The van der Waals surface area contributed by atoms with Crippen LogP contribution in [0, 0.1) is 12.8 Å². The Morgan fingerprint density at radius 3 is 2.71 bits per heavy atom. The average molecular weight is 193 g/mol. The van der Waals surface area contributed by atoms with E-state index in [1.807, 2.05) is 11.6 Å². The molecule has 0 saturated heterocycles. The molecule has 1 fully saturated rings. The Morgan fingerprint density at radius 1 is 1.57 bits per heavy atom. The van der Waals surface area contributed by atoms with E-state index in [4.69, 9.17) is 0 Å². The van der Waals surface area contributed by atoms with Crippen molar-refractivity contribution in [2.75, 3.05) is 0 Å². The first-order valence-corrected chi connectivity index (χ1v) is 5.11. The third kappa shape index (κ3) is 1.35. The number of hydrogen-bond acceptors (Lipinski definition) is 3. The van der Waals surface area contributed by atoms with Crippen molar-refractivity contribution in [3.8, 4) is 0 Å². The second-order valence-electron chi connectivity index (χ2n) is 4.05. The minimum Gasteiger partial charge on any atom is -0.296 e. The maximum atomic E-state index is 10.6. The van der Waals surface area contributed by atoms with E-state index < -0.39 is 0 Å². The lowest BCUT2D eigenvalue weighted by Crippen LogP contribution is -2.24. The van der Waals surface area contributed by atoms with Crippen LogP contribution in [0.15, 0.2) is 0 Å². The fourth-order valence-electron chi connectivity index (χ4n) is 1.97. The smallest absolute Gasteiger partial charge is 0.172 e. The molecule has 1 aromatic heterocycles. The molecule has 4 heteroatoms. The molecule has 0 aromatic carbocycles. The van der Waals surface area contributed by atoms with Gasteiger partial charge in [-0.05, 0) is 32.6 Å². The normalized spacial score (nSPS) is 19.0. The lowest BCUT2D eigenvalue weighted by Gasteiger charge is -2.31. The Kier molecular flexibility index (Phi) is 2.35. The number of rotatable bonds is 3. The van der Waals surface area contributed by atoms with E-state index in [1.54, 1.807) is 0 Å². The van der Waals surface area contributed by atoms with Gasteiger partial charge in [-0.2, -0.15) is 0 Å². The van der Waals surface area contributed by atoms with E-state index in [9.17, 15) is 4.79 Å². The summed E-state index contributed by atoms with van der Waals surface area (Å²) in [4.78, 5) is 10.6. The van der Waals surface area contributed by atoms with Crippen molar-refractivity contribution in [2.24, 2.45) is 5.92 Å². The summed E-state index contributed by atoms with van der Waals surface area (Å²) in [6.07, 6.45) is 4.64. The van der Waals surface area contributed by atoms with Crippen LogP contribution in [-0.4, -0.2) is 21.3 Å². The molecule has 0 N–H and O–H groups in total. The lowest BCUT2D eigenvalue weighted by molar-refractivity contribution is 0.111. The van der Waals surface area contributed by atoms with Crippen LogP contribution in [-0.2, 0) is 0 Å². The average Bonchev–Trinajstić information content (AvgIpc) is 2.43. The van der Waals surface area contributed by atoms with E-state index >= 15 is 0 Å². The highest BCUT2D eigenvalue weighted by Gasteiger charge is 2.27. The number of aromatic nitrogens is 3. The molecule has 1 heterocycles.